The van der Waals surface area contributed by atoms with Crippen LogP contribution >= 0.6 is 0 Å². The van der Waals surface area contributed by atoms with Crippen molar-refractivity contribution in [1.82, 2.24) is 5.32 Å². The van der Waals surface area contributed by atoms with Crippen molar-refractivity contribution < 1.29 is 4.74 Å². The van der Waals surface area contributed by atoms with Gasteiger partial charge in [-0.05, 0) is 17.5 Å². The lowest BCUT2D eigenvalue weighted by atomic mass is 9.98. The van der Waals surface area contributed by atoms with Crippen LogP contribution in [0.1, 0.15) is 17.2 Å². The van der Waals surface area contributed by atoms with E-state index in [0.29, 0.717) is 12.1 Å². The average molecular weight is 253 g/mol. The molecule has 1 heterocycles. The summed E-state index contributed by atoms with van der Waals surface area (Å²) in [6, 6.07) is 22.2. The van der Waals surface area contributed by atoms with E-state index in [2.05, 4.69) is 66.0 Å². The summed E-state index contributed by atoms with van der Waals surface area (Å²) < 4.78 is 5.26. The second-order valence-corrected chi connectivity index (χ2v) is 5.05. The van der Waals surface area contributed by atoms with Crippen molar-refractivity contribution in [2.75, 3.05) is 13.2 Å². The number of rotatable bonds is 5. The number of hydrogen-bond acceptors (Lipinski definition) is 2. The number of hydrogen-bond donors (Lipinski definition) is 1. The molecule has 1 N–H and O–H groups in total. The second kappa shape index (κ2) is 6.00. The first-order chi connectivity index (χ1) is 9.42. The van der Waals surface area contributed by atoms with Crippen LogP contribution in [0.3, 0.4) is 0 Å². The zero-order chi connectivity index (χ0) is 12.9. The molecule has 0 aliphatic carbocycles. The maximum Gasteiger partial charge on any atom is 0.0643 e. The monoisotopic (exact) mass is 253 g/mol. The summed E-state index contributed by atoms with van der Waals surface area (Å²) in [5, 5.41) is 3.69. The molecule has 1 aliphatic rings. The molecule has 98 valence electrons. The summed E-state index contributed by atoms with van der Waals surface area (Å²) >= 11 is 0. The molecule has 2 heteroatoms. The minimum Gasteiger partial charge on any atom is -0.378 e. The van der Waals surface area contributed by atoms with E-state index in [-0.39, 0.29) is 0 Å². The maximum atomic E-state index is 5.26. The summed E-state index contributed by atoms with van der Waals surface area (Å²) in [5.74, 6) is 0. The van der Waals surface area contributed by atoms with Gasteiger partial charge in [-0.3, -0.25) is 0 Å². The molecule has 1 fully saturated rings. The van der Waals surface area contributed by atoms with Gasteiger partial charge in [0.15, 0.2) is 0 Å². The van der Waals surface area contributed by atoms with Crippen LogP contribution in [-0.2, 0) is 11.2 Å². The van der Waals surface area contributed by atoms with E-state index < -0.39 is 0 Å². The van der Waals surface area contributed by atoms with Gasteiger partial charge < -0.3 is 10.1 Å². The molecule has 0 saturated carbocycles. The lowest BCUT2D eigenvalue weighted by molar-refractivity contribution is -0.0101. The molecule has 0 amide bonds. The quantitative estimate of drug-likeness (QED) is 0.884. The van der Waals surface area contributed by atoms with Gasteiger partial charge in [-0.1, -0.05) is 60.7 Å². The van der Waals surface area contributed by atoms with Gasteiger partial charge in [0.05, 0.1) is 19.3 Å². The first-order valence-electron chi connectivity index (χ1n) is 6.84. The van der Waals surface area contributed by atoms with E-state index in [1.54, 1.807) is 0 Å². The normalized spacial score (nSPS) is 16.8. The SMILES string of the molecule is c1ccc(CC(NC2COC2)c2ccccc2)cc1. The van der Waals surface area contributed by atoms with Gasteiger partial charge >= 0.3 is 0 Å². The summed E-state index contributed by atoms with van der Waals surface area (Å²) in [6.07, 6.45) is 1.02. The fourth-order valence-corrected chi connectivity index (χ4v) is 2.42. The summed E-state index contributed by atoms with van der Waals surface area (Å²) in [5.41, 5.74) is 2.71. The van der Waals surface area contributed by atoms with Crippen molar-refractivity contribution >= 4 is 0 Å². The molecule has 0 aromatic heterocycles. The fraction of sp³-hybridized carbons (Fsp3) is 0.294. The van der Waals surface area contributed by atoms with Crippen LogP contribution in [0.4, 0.5) is 0 Å². The summed E-state index contributed by atoms with van der Waals surface area (Å²) in [4.78, 5) is 0. The Morgan fingerprint density at radius 2 is 1.58 bits per heavy atom. The van der Waals surface area contributed by atoms with Gasteiger partial charge in [-0.15, -0.1) is 0 Å². The molecule has 1 saturated heterocycles. The van der Waals surface area contributed by atoms with Crippen molar-refractivity contribution in [2.24, 2.45) is 0 Å². The van der Waals surface area contributed by atoms with Gasteiger partial charge in [0.25, 0.3) is 0 Å². The highest BCUT2D eigenvalue weighted by molar-refractivity contribution is 5.24. The molecule has 0 bridgehead atoms. The van der Waals surface area contributed by atoms with Crippen LogP contribution in [0.15, 0.2) is 60.7 Å². The Bertz CT molecular complexity index is 493. The minimum atomic E-state index is 0.359. The first-order valence-corrected chi connectivity index (χ1v) is 6.84. The van der Waals surface area contributed by atoms with Crippen molar-refractivity contribution in [2.45, 2.75) is 18.5 Å². The Kier molecular flexibility index (Phi) is 3.92. The van der Waals surface area contributed by atoms with Crippen LogP contribution in [0.5, 0.6) is 0 Å². The van der Waals surface area contributed by atoms with Crippen molar-refractivity contribution in [1.29, 1.82) is 0 Å². The average Bonchev–Trinajstić information content (AvgIpc) is 2.43. The van der Waals surface area contributed by atoms with E-state index in [9.17, 15) is 0 Å². The van der Waals surface area contributed by atoms with Crippen LogP contribution in [0.2, 0.25) is 0 Å². The Morgan fingerprint density at radius 3 is 2.16 bits per heavy atom. The highest BCUT2D eigenvalue weighted by Gasteiger charge is 2.22. The van der Waals surface area contributed by atoms with E-state index in [1.165, 1.54) is 11.1 Å². The van der Waals surface area contributed by atoms with E-state index in [0.717, 1.165) is 19.6 Å². The Labute approximate surface area is 114 Å². The molecule has 2 aromatic rings. The van der Waals surface area contributed by atoms with E-state index in [4.69, 9.17) is 4.74 Å². The molecule has 19 heavy (non-hydrogen) atoms. The Hall–Kier alpha value is -1.64. The van der Waals surface area contributed by atoms with Gasteiger partial charge in [0, 0.05) is 6.04 Å². The van der Waals surface area contributed by atoms with Gasteiger partial charge in [0.2, 0.25) is 0 Å². The number of nitrogens with one attached hydrogen (secondary N) is 1. The van der Waals surface area contributed by atoms with Crippen molar-refractivity contribution in [3.05, 3.63) is 71.8 Å². The summed E-state index contributed by atoms with van der Waals surface area (Å²) in [6.45, 7) is 1.66. The Morgan fingerprint density at radius 1 is 0.947 bits per heavy atom. The number of benzene rings is 2. The molecule has 2 aromatic carbocycles. The van der Waals surface area contributed by atoms with Gasteiger partial charge in [-0.25, -0.2) is 0 Å². The zero-order valence-corrected chi connectivity index (χ0v) is 11.0. The van der Waals surface area contributed by atoms with Crippen molar-refractivity contribution in [3.63, 3.8) is 0 Å². The van der Waals surface area contributed by atoms with Gasteiger partial charge in [-0.2, -0.15) is 0 Å². The molecular weight excluding hydrogens is 234 g/mol. The molecule has 1 atom stereocenters. The molecule has 1 unspecified atom stereocenters. The standard InChI is InChI=1S/C17H19NO/c1-3-7-14(8-4-1)11-17(18-16-12-19-13-16)15-9-5-2-6-10-15/h1-10,16-18H,11-13H2. The first kappa shape index (κ1) is 12.4. The smallest absolute Gasteiger partial charge is 0.0643 e. The number of ether oxygens (including phenoxy) is 1. The van der Waals surface area contributed by atoms with E-state index >= 15 is 0 Å². The molecular formula is C17H19NO. The third-order valence-electron chi connectivity index (χ3n) is 3.56. The molecule has 3 rings (SSSR count). The predicted molar refractivity (Wildman–Crippen MR) is 77.1 cm³/mol. The van der Waals surface area contributed by atoms with Crippen LogP contribution in [0, 0.1) is 0 Å². The molecule has 0 spiro atoms. The van der Waals surface area contributed by atoms with Crippen LogP contribution in [-0.4, -0.2) is 19.3 Å². The lowest BCUT2D eigenvalue weighted by Gasteiger charge is -2.32. The van der Waals surface area contributed by atoms with Crippen LogP contribution in [0.25, 0.3) is 0 Å². The Balaban J connectivity index is 1.75. The molecule has 0 radical (unpaired) electrons. The molecule has 2 nitrogen and oxygen atoms in total. The zero-order valence-electron chi connectivity index (χ0n) is 11.0. The minimum absolute atomic E-state index is 0.359. The topological polar surface area (TPSA) is 21.3 Å². The second-order valence-electron chi connectivity index (χ2n) is 5.05. The highest BCUT2D eigenvalue weighted by atomic mass is 16.5. The van der Waals surface area contributed by atoms with Crippen LogP contribution < -0.4 is 5.32 Å². The largest absolute Gasteiger partial charge is 0.378 e. The predicted octanol–water partition coefficient (Wildman–Crippen LogP) is 2.96. The van der Waals surface area contributed by atoms with E-state index in [1.807, 2.05) is 0 Å². The lowest BCUT2D eigenvalue weighted by Crippen LogP contribution is -2.47. The summed E-state index contributed by atoms with van der Waals surface area (Å²) in [7, 11) is 0. The third kappa shape index (κ3) is 3.22. The fourth-order valence-electron chi connectivity index (χ4n) is 2.42. The molecule has 1 aliphatic heterocycles. The maximum absolute atomic E-state index is 5.26. The third-order valence-corrected chi connectivity index (χ3v) is 3.56. The van der Waals surface area contributed by atoms with Gasteiger partial charge in [0.1, 0.15) is 0 Å². The highest BCUT2D eigenvalue weighted by Crippen LogP contribution is 2.20. The van der Waals surface area contributed by atoms with Crippen molar-refractivity contribution in [3.8, 4) is 0 Å².